The van der Waals surface area contributed by atoms with Gasteiger partial charge in [0.05, 0.1) is 0 Å². The van der Waals surface area contributed by atoms with E-state index in [0.29, 0.717) is 12.1 Å². The molecule has 0 unspecified atom stereocenters. The van der Waals surface area contributed by atoms with E-state index in [1.165, 1.54) is 12.4 Å². The molecule has 1 aromatic carbocycles. The quantitative estimate of drug-likeness (QED) is 0.831. The molecule has 1 heterocycles. The molecule has 0 saturated carbocycles. The Hall–Kier alpha value is -1.27. The molecule has 0 aliphatic heterocycles. The van der Waals surface area contributed by atoms with Crippen LogP contribution in [0.2, 0.25) is 0 Å². The highest BCUT2D eigenvalue weighted by Gasteiger charge is 2.02. The van der Waals surface area contributed by atoms with Crippen molar-refractivity contribution in [3.05, 3.63) is 46.2 Å². The zero-order valence-electron chi connectivity index (χ0n) is 9.08. The third-order valence-corrected chi connectivity index (χ3v) is 2.83. The molecule has 0 fully saturated rings. The molecular weight excluding hydrogens is 287 g/mol. The lowest BCUT2D eigenvalue weighted by Gasteiger charge is -2.05. The third-order valence-electron chi connectivity index (χ3n) is 2.33. The lowest BCUT2D eigenvalue weighted by Crippen LogP contribution is -2.18. The maximum Gasteiger partial charge on any atom is 0.137 e. The summed E-state index contributed by atoms with van der Waals surface area (Å²) >= 11 is 3.22. The predicted molar refractivity (Wildman–Crippen MR) is 65.9 cm³/mol. The fourth-order valence-corrected chi connectivity index (χ4v) is 1.78. The smallest absolute Gasteiger partial charge is 0.137 e. The highest BCUT2D eigenvalue weighted by Crippen LogP contribution is 2.14. The summed E-state index contributed by atoms with van der Waals surface area (Å²) in [5, 5.41) is 9.68. The number of rotatable bonds is 5. The summed E-state index contributed by atoms with van der Waals surface area (Å²) in [7, 11) is 0. The molecule has 6 heteroatoms. The van der Waals surface area contributed by atoms with E-state index in [2.05, 4.69) is 36.4 Å². The van der Waals surface area contributed by atoms with Gasteiger partial charge >= 0.3 is 0 Å². The average molecular weight is 299 g/mol. The molecule has 0 saturated heterocycles. The SMILES string of the molecule is Fc1cc(Br)ccc1CNCCc1ncn[nH]1. The second kappa shape index (κ2) is 5.88. The molecular formula is C11H12BrFN4. The number of benzene rings is 1. The first kappa shape index (κ1) is 12.2. The molecule has 0 radical (unpaired) electrons. The Morgan fingerprint density at radius 2 is 2.29 bits per heavy atom. The minimum Gasteiger partial charge on any atom is -0.312 e. The number of nitrogens with one attached hydrogen (secondary N) is 2. The number of nitrogens with zero attached hydrogens (tertiary/aromatic N) is 2. The Morgan fingerprint density at radius 1 is 1.41 bits per heavy atom. The van der Waals surface area contributed by atoms with Crippen molar-refractivity contribution in [2.45, 2.75) is 13.0 Å². The van der Waals surface area contributed by atoms with Crippen molar-refractivity contribution in [1.29, 1.82) is 0 Å². The number of aromatic nitrogens is 3. The number of hydrogen-bond acceptors (Lipinski definition) is 3. The molecule has 0 amide bonds. The molecule has 0 aliphatic carbocycles. The number of aromatic amines is 1. The fourth-order valence-electron chi connectivity index (χ4n) is 1.45. The topological polar surface area (TPSA) is 53.6 Å². The van der Waals surface area contributed by atoms with Gasteiger partial charge in [0.1, 0.15) is 18.0 Å². The van der Waals surface area contributed by atoms with Crippen LogP contribution in [0.3, 0.4) is 0 Å². The van der Waals surface area contributed by atoms with E-state index in [1.54, 1.807) is 6.07 Å². The van der Waals surface area contributed by atoms with E-state index in [1.807, 2.05) is 6.07 Å². The van der Waals surface area contributed by atoms with Crippen molar-refractivity contribution in [2.24, 2.45) is 0 Å². The van der Waals surface area contributed by atoms with Crippen molar-refractivity contribution in [3.63, 3.8) is 0 Å². The van der Waals surface area contributed by atoms with Gasteiger partial charge in [0.2, 0.25) is 0 Å². The monoisotopic (exact) mass is 298 g/mol. The highest BCUT2D eigenvalue weighted by molar-refractivity contribution is 9.10. The van der Waals surface area contributed by atoms with E-state index < -0.39 is 0 Å². The van der Waals surface area contributed by atoms with E-state index >= 15 is 0 Å². The minimum atomic E-state index is -0.202. The molecule has 90 valence electrons. The summed E-state index contributed by atoms with van der Waals surface area (Å²) in [6.45, 7) is 1.23. The molecule has 2 rings (SSSR count). The average Bonchev–Trinajstić information content (AvgIpc) is 2.79. The molecule has 0 bridgehead atoms. The number of hydrogen-bond donors (Lipinski definition) is 2. The van der Waals surface area contributed by atoms with Crippen molar-refractivity contribution in [1.82, 2.24) is 20.5 Å². The van der Waals surface area contributed by atoms with Crippen molar-refractivity contribution >= 4 is 15.9 Å². The molecule has 4 nitrogen and oxygen atoms in total. The van der Waals surface area contributed by atoms with Gasteiger partial charge < -0.3 is 5.32 Å². The Bertz CT molecular complexity index is 472. The van der Waals surface area contributed by atoms with E-state index in [0.717, 1.165) is 23.3 Å². The first-order chi connectivity index (χ1) is 8.25. The first-order valence-electron chi connectivity index (χ1n) is 5.24. The van der Waals surface area contributed by atoms with E-state index in [9.17, 15) is 4.39 Å². The second-order valence-corrected chi connectivity index (χ2v) is 4.51. The zero-order chi connectivity index (χ0) is 12.1. The molecule has 1 aromatic heterocycles. The van der Waals surface area contributed by atoms with Crippen LogP contribution in [-0.2, 0) is 13.0 Å². The molecule has 2 aromatic rings. The summed E-state index contributed by atoms with van der Waals surface area (Å²) in [5.74, 6) is 0.625. The van der Waals surface area contributed by atoms with Crippen LogP contribution >= 0.6 is 15.9 Å². The van der Waals surface area contributed by atoms with Gasteiger partial charge in [-0.15, -0.1) is 0 Å². The fraction of sp³-hybridized carbons (Fsp3) is 0.273. The van der Waals surface area contributed by atoms with Crippen molar-refractivity contribution < 1.29 is 4.39 Å². The second-order valence-electron chi connectivity index (χ2n) is 3.59. The zero-order valence-corrected chi connectivity index (χ0v) is 10.7. The summed E-state index contributed by atoms with van der Waals surface area (Å²) in [6.07, 6.45) is 2.22. The van der Waals surface area contributed by atoms with Crippen LogP contribution in [0, 0.1) is 5.82 Å². The maximum absolute atomic E-state index is 13.5. The third kappa shape index (κ3) is 3.61. The van der Waals surface area contributed by atoms with E-state index in [4.69, 9.17) is 0 Å². The lowest BCUT2D eigenvalue weighted by atomic mass is 10.2. The molecule has 0 aliphatic rings. The first-order valence-corrected chi connectivity index (χ1v) is 6.04. The Balaban J connectivity index is 1.78. The Labute approximate surface area is 107 Å². The van der Waals surface area contributed by atoms with E-state index in [-0.39, 0.29) is 5.82 Å². The van der Waals surface area contributed by atoms with Crippen LogP contribution in [0.25, 0.3) is 0 Å². The van der Waals surface area contributed by atoms with Gasteiger partial charge in [-0.1, -0.05) is 22.0 Å². The van der Waals surface area contributed by atoms with Gasteiger partial charge in [0.15, 0.2) is 0 Å². The normalized spacial score (nSPS) is 10.7. The number of H-pyrrole nitrogens is 1. The van der Waals surface area contributed by atoms with Crippen LogP contribution in [0.5, 0.6) is 0 Å². The summed E-state index contributed by atoms with van der Waals surface area (Å²) in [5.41, 5.74) is 0.658. The Kier molecular flexibility index (Phi) is 4.22. The number of halogens is 2. The van der Waals surface area contributed by atoms with Gasteiger partial charge in [0.25, 0.3) is 0 Å². The molecule has 2 N–H and O–H groups in total. The van der Waals surface area contributed by atoms with Gasteiger partial charge in [-0.2, -0.15) is 5.10 Å². The van der Waals surface area contributed by atoms with Crippen LogP contribution in [0.15, 0.2) is 29.0 Å². The summed E-state index contributed by atoms with van der Waals surface area (Å²) < 4.78 is 14.2. The largest absolute Gasteiger partial charge is 0.312 e. The van der Waals surface area contributed by atoms with Crippen LogP contribution in [-0.4, -0.2) is 21.7 Å². The lowest BCUT2D eigenvalue weighted by molar-refractivity contribution is 0.585. The van der Waals surface area contributed by atoms with Gasteiger partial charge in [-0.25, -0.2) is 9.37 Å². The Morgan fingerprint density at radius 3 is 3.00 bits per heavy atom. The van der Waals surface area contributed by atoms with Crippen LogP contribution < -0.4 is 5.32 Å². The van der Waals surface area contributed by atoms with Crippen molar-refractivity contribution in [2.75, 3.05) is 6.54 Å². The maximum atomic E-state index is 13.5. The highest BCUT2D eigenvalue weighted by atomic mass is 79.9. The van der Waals surface area contributed by atoms with Crippen LogP contribution in [0.4, 0.5) is 4.39 Å². The van der Waals surface area contributed by atoms with Crippen molar-refractivity contribution in [3.8, 4) is 0 Å². The molecule has 0 atom stereocenters. The van der Waals surface area contributed by atoms with Gasteiger partial charge in [-0.05, 0) is 12.1 Å². The van der Waals surface area contributed by atoms with Gasteiger partial charge in [0, 0.05) is 29.5 Å². The van der Waals surface area contributed by atoms with Gasteiger partial charge in [-0.3, -0.25) is 5.10 Å². The minimum absolute atomic E-state index is 0.202. The predicted octanol–water partition coefficient (Wildman–Crippen LogP) is 2.04. The summed E-state index contributed by atoms with van der Waals surface area (Å²) in [6, 6.07) is 5.06. The molecule has 0 spiro atoms. The summed E-state index contributed by atoms with van der Waals surface area (Å²) in [4.78, 5) is 4.00. The molecule has 17 heavy (non-hydrogen) atoms. The standard InChI is InChI=1S/C11H12BrFN4/c12-9-2-1-8(10(13)5-9)6-14-4-3-11-15-7-16-17-11/h1-2,5,7,14H,3-4,6H2,(H,15,16,17). The van der Waals surface area contributed by atoms with Crippen LogP contribution in [0.1, 0.15) is 11.4 Å².